The minimum atomic E-state index is -2.98. The lowest BCUT2D eigenvalue weighted by molar-refractivity contribution is -0.126. The van der Waals surface area contributed by atoms with Gasteiger partial charge >= 0.3 is 6.61 Å². The molecule has 1 unspecified atom stereocenters. The number of halogens is 3. The van der Waals surface area contributed by atoms with E-state index in [1.807, 2.05) is 38.1 Å². The van der Waals surface area contributed by atoms with Gasteiger partial charge in [0.25, 0.3) is 0 Å². The van der Waals surface area contributed by atoms with E-state index in [0.29, 0.717) is 23.4 Å². The lowest BCUT2D eigenvalue weighted by Crippen LogP contribution is -2.58. The highest BCUT2D eigenvalue weighted by Crippen LogP contribution is 2.58. The van der Waals surface area contributed by atoms with Crippen molar-refractivity contribution in [3.63, 3.8) is 0 Å². The second kappa shape index (κ2) is 7.54. The minimum Gasteiger partial charge on any atom is -0.487 e. The monoisotopic (exact) mass is 453 g/mol. The number of hydrogen-bond donors (Lipinski definition) is 1. The fraction of sp³-hybridized carbons (Fsp3) is 0.269. The van der Waals surface area contributed by atoms with Crippen LogP contribution in [0.25, 0.3) is 0 Å². The standard InChI is InChI=1S/C26H22F3NO3/c1-25(2)22(13-15-7-9-16(27)10-8-15)26(18-5-3-4-6-20(18)30-23(26)31)19-12-11-17(32-24(28)29)14-21(19)33-25/h3-12,14,22,24H,13H2,1-2H3,(H,30,31)/t22?,26-/m1/s1. The van der Waals surface area contributed by atoms with Gasteiger partial charge in [-0.15, -0.1) is 0 Å². The first-order valence-corrected chi connectivity index (χ1v) is 10.7. The average Bonchev–Trinajstić information content (AvgIpc) is 3.04. The Balaban J connectivity index is 1.74. The number of nitrogens with one attached hydrogen (secondary N) is 1. The molecule has 0 radical (unpaired) electrons. The second-order valence-corrected chi connectivity index (χ2v) is 8.93. The van der Waals surface area contributed by atoms with Crippen molar-refractivity contribution in [3.05, 3.63) is 89.2 Å². The zero-order valence-corrected chi connectivity index (χ0v) is 18.1. The summed E-state index contributed by atoms with van der Waals surface area (Å²) >= 11 is 0. The number of alkyl halides is 2. The number of para-hydroxylation sites is 1. The molecule has 3 aromatic rings. The first-order chi connectivity index (χ1) is 15.7. The van der Waals surface area contributed by atoms with Crippen LogP contribution < -0.4 is 14.8 Å². The van der Waals surface area contributed by atoms with Gasteiger partial charge in [-0.1, -0.05) is 36.4 Å². The Labute approximate surface area is 189 Å². The Kier molecular flexibility index (Phi) is 4.88. The van der Waals surface area contributed by atoms with E-state index in [-0.39, 0.29) is 23.4 Å². The van der Waals surface area contributed by atoms with Crippen molar-refractivity contribution in [2.24, 2.45) is 5.92 Å². The summed E-state index contributed by atoms with van der Waals surface area (Å²) in [4.78, 5) is 13.8. The number of carbonyl (C=O) groups is 1. The van der Waals surface area contributed by atoms with Crippen LogP contribution in [0.3, 0.4) is 0 Å². The lowest BCUT2D eigenvalue weighted by Gasteiger charge is -2.50. The molecule has 1 N–H and O–H groups in total. The molecule has 1 amide bonds. The van der Waals surface area contributed by atoms with Crippen molar-refractivity contribution in [2.75, 3.05) is 5.32 Å². The van der Waals surface area contributed by atoms with Gasteiger partial charge in [0.15, 0.2) is 0 Å². The molecule has 2 aliphatic rings. The van der Waals surface area contributed by atoms with Crippen molar-refractivity contribution in [2.45, 2.75) is 37.9 Å². The Hall–Kier alpha value is -3.48. The highest BCUT2D eigenvalue weighted by atomic mass is 19.3. The van der Waals surface area contributed by atoms with Crippen molar-refractivity contribution < 1.29 is 27.4 Å². The topological polar surface area (TPSA) is 47.6 Å². The second-order valence-electron chi connectivity index (χ2n) is 8.93. The van der Waals surface area contributed by atoms with Crippen molar-refractivity contribution in [3.8, 4) is 11.5 Å². The van der Waals surface area contributed by atoms with Crippen LogP contribution in [-0.2, 0) is 16.6 Å². The first-order valence-electron chi connectivity index (χ1n) is 10.7. The minimum absolute atomic E-state index is 0.0432. The van der Waals surface area contributed by atoms with Gasteiger partial charge in [-0.05, 0) is 55.7 Å². The van der Waals surface area contributed by atoms with Gasteiger partial charge < -0.3 is 14.8 Å². The smallest absolute Gasteiger partial charge is 0.387 e. The maximum Gasteiger partial charge on any atom is 0.387 e. The highest BCUT2D eigenvalue weighted by molar-refractivity contribution is 6.09. The molecule has 33 heavy (non-hydrogen) atoms. The van der Waals surface area contributed by atoms with Gasteiger partial charge in [0.1, 0.15) is 28.3 Å². The van der Waals surface area contributed by atoms with Crippen molar-refractivity contribution >= 4 is 11.6 Å². The zero-order valence-electron chi connectivity index (χ0n) is 18.1. The largest absolute Gasteiger partial charge is 0.487 e. The third kappa shape index (κ3) is 3.34. The molecular weight excluding hydrogens is 431 g/mol. The van der Waals surface area contributed by atoms with E-state index in [9.17, 15) is 18.0 Å². The van der Waals surface area contributed by atoms with E-state index in [2.05, 4.69) is 10.1 Å². The first kappa shape index (κ1) is 21.4. The molecule has 5 rings (SSSR count). The van der Waals surface area contributed by atoms with Crippen LogP contribution in [0.5, 0.6) is 11.5 Å². The fourth-order valence-corrected chi connectivity index (χ4v) is 5.30. The number of fused-ring (bicyclic) bond motifs is 4. The van der Waals surface area contributed by atoms with E-state index in [4.69, 9.17) is 4.74 Å². The molecule has 2 aliphatic heterocycles. The summed E-state index contributed by atoms with van der Waals surface area (Å²) in [5.74, 6) is -0.656. The molecule has 0 aliphatic carbocycles. The molecule has 4 nitrogen and oxygen atoms in total. The molecule has 0 saturated carbocycles. The summed E-state index contributed by atoms with van der Waals surface area (Å²) in [6.45, 7) is 0.775. The van der Waals surface area contributed by atoms with Crippen LogP contribution in [0, 0.1) is 11.7 Å². The van der Waals surface area contributed by atoms with Crippen LogP contribution >= 0.6 is 0 Å². The summed E-state index contributed by atoms with van der Waals surface area (Å²) in [5.41, 5.74) is 0.921. The molecule has 3 aromatic carbocycles. The predicted octanol–water partition coefficient (Wildman–Crippen LogP) is 5.70. The third-order valence-corrected chi connectivity index (χ3v) is 6.65. The van der Waals surface area contributed by atoms with Crippen LogP contribution in [-0.4, -0.2) is 18.1 Å². The molecule has 0 fully saturated rings. The SMILES string of the molecule is CC1(C)Oc2cc(OC(F)F)ccc2[C@@]2(C(=O)Nc3ccccc32)C1Cc1ccc(F)cc1. The van der Waals surface area contributed by atoms with Gasteiger partial charge in [0, 0.05) is 23.2 Å². The molecule has 0 aromatic heterocycles. The lowest BCUT2D eigenvalue weighted by atomic mass is 9.58. The summed E-state index contributed by atoms with van der Waals surface area (Å²) in [7, 11) is 0. The van der Waals surface area contributed by atoms with Gasteiger partial charge in [0.2, 0.25) is 5.91 Å². The number of ether oxygens (including phenoxy) is 2. The third-order valence-electron chi connectivity index (χ3n) is 6.65. The van der Waals surface area contributed by atoms with Gasteiger partial charge in [-0.3, -0.25) is 4.79 Å². The molecule has 170 valence electrons. The molecular formula is C26H22F3NO3. The zero-order chi connectivity index (χ0) is 23.4. The van der Waals surface area contributed by atoms with Gasteiger partial charge in [-0.25, -0.2) is 4.39 Å². The quantitative estimate of drug-likeness (QED) is 0.552. The molecule has 1 spiro atoms. The van der Waals surface area contributed by atoms with Crippen LogP contribution in [0.4, 0.5) is 18.9 Å². The normalized spacial score (nSPS) is 22.5. The van der Waals surface area contributed by atoms with Crippen LogP contribution in [0.1, 0.15) is 30.5 Å². The Morgan fingerprint density at radius 2 is 1.76 bits per heavy atom. The molecule has 2 atom stereocenters. The predicted molar refractivity (Wildman–Crippen MR) is 117 cm³/mol. The number of carbonyl (C=O) groups excluding carboxylic acids is 1. The molecule has 0 saturated heterocycles. The van der Waals surface area contributed by atoms with Crippen LogP contribution in [0.2, 0.25) is 0 Å². The number of rotatable bonds is 4. The number of hydrogen-bond acceptors (Lipinski definition) is 3. The van der Waals surface area contributed by atoms with Crippen molar-refractivity contribution in [1.29, 1.82) is 0 Å². The van der Waals surface area contributed by atoms with Crippen molar-refractivity contribution in [1.82, 2.24) is 0 Å². The van der Waals surface area contributed by atoms with E-state index < -0.39 is 17.6 Å². The molecule has 0 bridgehead atoms. The van der Waals surface area contributed by atoms with E-state index >= 15 is 0 Å². The van der Waals surface area contributed by atoms with E-state index in [0.717, 1.165) is 11.1 Å². The highest BCUT2D eigenvalue weighted by Gasteiger charge is 2.62. The molecule has 2 heterocycles. The summed E-state index contributed by atoms with van der Waals surface area (Å²) < 4.78 is 50.1. The maximum atomic E-state index is 13.8. The number of anilines is 1. The van der Waals surface area contributed by atoms with E-state index in [1.54, 1.807) is 18.2 Å². The van der Waals surface area contributed by atoms with Gasteiger partial charge in [-0.2, -0.15) is 8.78 Å². The summed E-state index contributed by atoms with van der Waals surface area (Å²) in [5, 5.41) is 3.00. The summed E-state index contributed by atoms with van der Waals surface area (Å²) in [6, 6.07) is 18.1. The van der Waals surface area contributed by atoms with Crippen LogP contribution in [0.15, 0.2) is 66.7 Å². The number of benzene rings is 3. The Bertz CT molecular complexity index is 1230. The molecule has 7 heteroatoms. The average molecular weight is 453 g/mol. The number of amides is 1. The summed E-state index contributed by atoms with van der Waals surface area (Å²) in [6.07, 6.45) is 0.434. The van der Waals surface area contributed by atoms with Gasteiger partial charge in [0.05, 0.1) is 0 Å². The Morgan fingerprint density at radius 3 is 2.48 bits per heavy atom. The Morgan fingerprint density at radius 1 is 1.03 bits per heavy atom. The maximum absolute atomic E-state index is 13.8. The van der Waals surface area contributed by atoms with E-state index in [1.165, 1.54) is 24.3 Å². The fourth-order valence-electron chi connectivity index (χ4n) is 5.30.